The summed E-state index contributed by atoms with van der Waals surface area (Å²) in [5, 5.41) is 3.93. The summed E-state index contributed by atoms with van der Waals surface area (Å²) < 4.78 is 11.4. The molecule has 2 fully saturated rings. The average molecular weight is 502 g/mol. The van der Waals surface area contributed by atoms with E-state index in [2.05, 4.69) is 25.1 Å². The highest BCUT2D eigenvalue weighted by atomic mass is 16.6. The van der Waals surface area contributed by atoms with Crippen LogP contribution in [0, 0.1) is 5.92 Å². The molecule has 1 saturated carbocycles. The molecular weight excluding hydrogens is 466 g/mol. The van der Waals surface area contributed by atoms with Crippen molar-refractivity contribution in [1.82, 2.24) is 20.2 Å². The Bertz CT molecular complexity index is 1230. The van der Waals surface area contributed by atoms with Crippen LogP contribution in [0.15, 0.2) is 48.8 Å². The van der Waals surface area contributed by atoms with Crippen LogP contribution in [0.3, 0.4) is 0 Å². The highest BCUT2D eigenvalue weighted by molar-refractivity contribution is 5.87. The Balaban J connectivity index is 0.915. The highest BCUT2D eigenvalue weighted by Gasteiger charge is 2.26. The number of nitrogens with one attached hydrogen (secondary N) is 1. The molecule has 6 rings (SSSR count). The Morgan fingerprint density at radius 3 is 2.68 bits per heavy atom. The fourth-order valence-electron chi connectivity index (χ4n) is 5.97. The van der Waals surface area contributed by atoms with Gasteiger partial charge in [0.1, 0.15) is 17.3 Å². The van der Waals surface area contributed by atoms with E-state index in [0.29, 0.717) is 5.75 Å². The van der Waals surface area contributed by atoms with Gasteiger partial charge in [-0.05, 0) is 68.8 Å². The van der Waals surface area contributed by atoms with Crippen molar-refractivity contribution in [3.8, 4) is 11.5 Å². The van der Waals surface area contributed by atoms with Gasteiger partial charge in [-0.15, -0.1) is 0 Å². The van der Waals surface area contributed by atoms with Gasteiger partial charge >= 0.3 is 6.09 Å². The van der Waals surface area contributed by atoms with Crippen molar-refractivity contribution in [2.45, 2.75) is 44.6 Å². The van der Waals surface area contributed by atoms with E-state index >= 15 is 0 Å². The van der Waals surface area contributed by atoms with Crippen molar-refractivity contribution in [3.05, 3.63) is 54.4 Å². The first-order chi connectivity index (χ1) is 18.2. The van der Waals surface area contributed by atoms with Gasteiger partial charge in [0.2, 0.25) is 0 Å². The van der Waals surface area contributed by atoms with E-state index in [1.165, 1.54) is 12.0 Å². The smallest absolute Gasteiger partial charge is 0.412 e. The van der Waals surface area contributed by atoms with Gasteiger partial charge in [0.25, 0.3) is 0 Å². The number of nitrogens with zero attached hydrogens (tertiary/aromatic N) is 4. The van der Waals surface area contributed by atoms with Crippen molar-refractivity contribution in [1.29, 1.82) is 0 Å². The molecule has 0 atom stereocenters. The Morgan fingerprint density at radius 2 is 1.81 bits per heavy atom. The molecule has 8 nitrogen and oxygen atoms in total. The second-order valence-corrected chi connectivity index (χ2v) is 10.4. The van der Waals surface area contributed by atoms with Gasteiger partial charge in [0.05, 0.1) is 12.1 Å². The van der Waals surface area contributed by atoms with Crippen LogP contribution in [0.1, 0.15) is 37.7 Å². The van der Waals surface area contributed by atoms with Crippen LogP contribution in [0.4, 0.5) is 10.6 Å². The number of amides is 1. The number of hydrogen-bond donors (Lipinski definition) is 1. The third-order valence-corrected chi connectivity index (χ3v) is 8.11. The topological polar surface area (TPSA) is 79.8 Å². The number of ether oxygens (including phenoxy) is 2. The van der Waals surface area contributed by atoms with Crippen LogP contribution in [-0.2, 0) is 6.42 Å². The van der Waals surface area contributed by atoms with Crippen LogP contribution >= 0.6 is 0 Å². The number of hydrogen-bond acceptors (Lipinski definition) is 7. The van der Waals surface area contributed by atoms with Gasteiger partial charge < -0.3 is 19.7 Å². The summed E-state index contributed by atoms with van der Waals surface area (Å²) in [4.78, 5) is 26.6. The average Bonchev–Trinajstić information content (AvgIpc) is 3.43. The zero-order valence-corrected chi connectivity index (χ0v) is 21.3. The van der Waals surface area contributed by atoms with Crippen molar-refractivity contribution in [2.24, 2.45) is 5.92 Å². The number of carbonyl (C=O) groups is 1. The fraction of sp³-hybridized carbons (Fsp3) is 0.483. The molecule has 2 aliphatic heterocycles. The Labute approximate surface area is 218 Å². The summed E-state index contributed by atoms with van der Waals surface area (Å²) >= 11 is 0. The number of rotatable bonds is 6. The van der Waals surface area contributed by atoms with E-state index in [0.717, 1.165) is 99.8 Å². The number of para-hydroxylation sites is 1. The molecular formula is C29H35N5O3. The Kier molecular flexibility index (Phi) is 7.08. The fourth-order valence-corrected chi connectivity index (χ4v) is 5.97. The SMILES string of the molecule is O=C(N[C@H]1CC[C@H](CCN2CCN(c3nccc4c3CCO4)CC2)CC1)Oc1ccnc2ccccc12. The number of pyridine rings is 2. The lowest BCUT2D eigenvalue weighted by molar-refractivity contribution is 0.183. The standard InChI is InChI=1S/C29H35N5O3/c35-29(37-27-10-13-30-25-4-2-1-3-23(25)27)32-22-7-5-21(6-8-22)11-15-33-16-18-34(19-17-33)28-24-12-20-36-26(24)9-14-31-28/h1-4,9-10,13-14,21-22H,5-8,11-12,15-20H2,(H,32,35)/t21-,22-. The third-order valence-electron chi connectivity index (χ3n) is 8.11. The monoisotopic (exact) mass is 501 g/mol. The highest BCUT2D eigenvalue weighted by Crippen LogP contribution is 2.33. The number of anilines is 1. The maximum absolute atomic E-state index is 12.6. The van der Waals surface area contributed by atoms with Crippen LogP contribution in [-0.4, -0.2) is 66.3 Å². The zero-order chi connectivity index (χ0) is 25.0. The van der Waals surface area contributed by atoms with E-state index in [1.54, 1.807) is 12.3 Å². The third kappa shape index (κ3) is 5.49. The van der Waals surface area contributed by atoms with Gasteiger partial charge in [0.15, 0.2) is 0 Å². The van der Waals surface area contributed by atoms with Crippen molar-refractivity contribution >= 4 is 22.8 Å². The maximum Gasteiger partial charge on any atom is 0.412 e. The summed E-state index contributed by atoms with van der Waals surface area (Å²) in [5.41, 5.74) is 2.10. The molecule has 1 N–H and O–H groups in total. The van der Waals surface area contributed by atoms with Crippen molar-refractivity contribution in [2.75, 3.05) is 44.2 Å². The second-order valence-electron chi connectivity index (χ2n) is 10.4. The predicted octanol–water partition coefficient (Wildman–Crippen LogP) is 4.42. The van der Waals surface area contributed by atoms with Gasteiger partial charge in [-0.2, -0.15) is 0 Å². The van der Waals surface area contributed by atoms with E-state index in [4.69, 9.17) is 9.47 Å². The molecule has 37 heavy (non-hydrogen) atoms. The summed E-state index contributed by atoms with van der Waals surface area (Å²) in [6.45, 7) is 6.13. The molecule has 1 aromatic carbocycles. The van der Waals surface area contributed by atoms with E-state index < -0.39 is 0 Å². The molecule has 1 aliphatic carbocycles. The molecule has 0 spiro atoms. The largest absolute Gasteiger partial charge is 0.493 e. The molecule has 0 unspecified atom stereocenters. The molecule has 4 heterocycles. The molecule has 0 radical (unpaired) electrons. The van der Waals surface area contributed by atoms with E-state index in [9.17, 15) is 4.79 Å². The molecule has 8 heteroatoms. The quantitative estimate of drug-likeness (QED) is 0.535. The lowest BCUT2D eigenvalue weighted by Gasteiger charge is -2.37. The first kappa shape index (κ1) is 24.0. The predicted molar refractivity (Wildman–Crippen MR) is 143 cm³/mol. The summed E-state index contributed by atoms with van der Waals surface area (Å²) in [6, 6.07) is 11.6. The number of aromatic nitrogens is 2. The second kappa shape index (κ2) is 10.9. The Morgan fingerprint density at radius 1 is 1.00 bits per heavy atom. The summed E-state index contributed by atoms with van der Waals surface area (Å²) in [5.74, 6) is 3.41. The van der Waals surface area contributed by atoms with Crippen LogP contribution < -0.4 is 19.7 Å². The lowest BCUT2D eigenvalue weighted by atomic mass is 9.84. The number of carbonyl (C=O) groups excluding carboxylic acids is 1. The number of piperazine rings is 1. The van der Waals surface area contributed by atoms with Crippen LogP contribution in [0.2, 0.25) is 0 Å². The van der Waals surface area contributed by atoms with Gasteiger partial charge in [-0.3, -0.25) is 9.88 Å². The zero-order valence-electron chi connectivity index (χ0n) is 21.3. The van der Waals surface area contributed by atoms with E-state index in [-0.39, 0.29) is 12.1 Å². The van der Waals surface area contributed by atoms with E-state index in [1.807, 2.05) is 36.5 Å². The first-order valence-electron chi connectivity index (χ1n) is 13.6. The molecule has 3 aromatic rings. The summed E-state index contributed by atoms with van der Waals surface area (Å²) in [6.07, 6.45) is 9.71. The molecule has 1 amide bonds. The number of benzene rings is 1. The number of fused-ring (bicyclic) bond motifs is 2. The minimum absolute atomic E-state index is 0.185. The molecule has 194 valence electrons. The molecule has 1 saturated heterocycles. The first-order valence-corrected chi connectivity index (χ1v) is 13.6. The Hall–Kier alpha value is -3.39. The summed E-state index contributed by atoms with van der Waals surface area (Å²) in [7, 11) is 0. The maximum atomic E-state index is 12.6. The molecule has 0 bridgehead atoms. The van der Waals surface area contributed by atoms with Gasteiger partial charge in [-0.25, -0.2) is 9.78 Å². The van der Waals surface area contributed by atoms with Gasteiger partial charge in [0, 0.05) is 62.0 Å². The molecule has 3 aliphatic rings. The van der Waals surface area contributed by atoms with Crippen LogP contribution in [0.25, 0.3) is 10.9 Å². The normalized spacial score (nSPS) is 21.9. The lowest BCUT2D eigenvalue weighted by Crippen LogP contribution is -2.47. The molecule has 2 aromatic heterocycles. The van der Waals surface area contributed by atoms with Crippen LogP contribution in [0.5, 0.6) is 11.5 Å². The minimum atomic E-state index is -0.372. The minimum Gasteiger partial charge on any atom is -0.493 e. The van der Waals surface area contributed by atoms with Gasteiger partial charge in [-0.1, -0.05) is 12.1 Å². The van der Waals surface area contributed by atoms with Crippen molar-refractivity contribution in [3.63, 3.8) is 0 Å². The van der Waals surface area contributed by atoms with Crippen molar-refractivity contribution < 1.29 is 14.3 Å².